The highest BCUT2D eigenvalue weighted by Gasteiger charge is 2.33. The molecule has 3 nitrogen and oxygen atoms in total. The molecule has 1 aliphatic heterocycles. The highest BCUT2D eigenvalue weighted by atomic mass is 31.1. The average Bonchev–Trinajstić information content (AvgIpc) is 3.30. The Bertz CT molecular complexity index is 1190. The van der Waals surface area contributed by atoms with Gasteiger partial charge < -0.3 is 9.41 Å². The zero-order valence-corrected chi connectivity index (χ0v) is 20.5. The number of nitrogens with zero attached hydrogens (tertiary/aromatic N) is 2. The van der Waals surface area contributed by atoms with Crippen molar-refractivity contribution in [3.63, 3.8) is 0 Å². The van der Waals surface area contributed by atoms with Crippen LogP contribution in [-0.2, 0) is 0 Å². The summed E-state index contributed by atoms with van der Waals surface area (Å²) in [5.41, 5.74) is 5.02. The van der Waals surface area contributed by atoms with E-state index in [1.54, 1.807) is 0 Å². The largest absolute Gasteiger partial charge is 0.439 e. The van der Waals surface area contributed by atoms with Gasteiger partial charge in [0.2, 0.25) is 5.88 Å². The van der Waals surface area contributed by atoms with Crippen LogP contribution in [-0.4, -0.2) is 9.34 Å². The Morgan fingerprint density at radius 1 is 0.647 bits per heavy atom. The minimum Gasteiger partial charge on any atom is -0.439 e. The molecule has 0 saturated heterocycles. The summed E-state index contributed by atoms with van der Waals surface area (Å²) >= 11 is 0. The maximum absolute atomic E-state index is 6.49. The summed E-state index contributed by atoms with van der Waals surface area (Å²) in [5.74, 6) is 1.72. The van der Waals surface area contributed by atoms with Crippen LogP contribution in [0.4, 0.5) is 0 Å². The topological polar surface area (TPSA) is 15.7 Å². The predicted molar refractivity (Wildman–Crippen MR) is 141 cm³/mol. The van der Waals surface area contributed by atoms with Crippen LogP contribution < -0.4 is 4.74 Å². The molecule has 0 saturated carbocycles. The maximum atomic E-state index is 6.49. The van der Waals surface area contributed by atoms with Gasteiger partial charge in [-0.3, -0.25) is 4.67 Å². The van der Waals surface area contributed by atoms with Crippen LogP contribution in [0.3, 0.4) is 0 Å². The lowest BCUT2D eigenvalue weighted by atomic mass is 9.99. The number of aryl methyl sites for hydroxylation is 1. The lowest BCUT2D eigenvalue weighted by Crippen LogP contribution is -2.20. The van der Waals surface area contributed by atoms with Gasteiger partial charge >= 0.3 is 0 Å². The summed E-state index contributed by atoms with van der Waals surface area (Å²) in [6.07, 6.45) is 2.18. The van der Waals surface area contributed by atoms with E-state index in [1.165, 1.54) is 22.3 Å². The standard InChI is InChI=1S/C30H29N2OP/c1-23-18-20-28(21-19-23)33-29-22-31(34-32(29)24(2)25-12-6-3-7-13-25)30(26-14-8-4-9-15-26)27-16-10-5-11-17-27/h3-22,24,30,34H,1-2H3/t24-/m1/s1. The van der Waals surface area contributed by atoms with Crippen molar-refractivity contribution in [3.05, 3.63) is 150 Å². The van der Waals surface area contributed by atoms with Crippen LogP contribution >= 0.6 is 8.88 Å². The van der Waals surface area contributed by atoms with Crippen molar-refractivity contribution in [1.29, 1.82) is 0 Å². The Hall–Kier alpha value is -3.55. The molecule has 5 rings (SSSR count). The Morgan fingerprint density at radius 2 is 1.15 bits per heavy atom. The number of hydrogen-bond acceptors (Lipinski definition) is 3. The molecule has 1 heterocycles. The molecule has 1 aliphatic rings. The van der Waals surface area contributed by atoms with E-state index < -0.39 is 0 Å². The lowest BCUT2D eigenvalue weighted by Gasteiger charge is -2.32. The second-order valence-electron chi connectivity index (χ2n) is 8.57. The number of rotatable bonds is 7. The summed E-state index contributed by atoms with van der Waals surface area (Å²) < 4.78 is 11.3. The lowest BCUT2D eigenvalue weighted by molar-refractivity contribution is 0.280. The van der Waals surface area contributed by atoms with E-state index in [2.05, 4.69) is 133 Å². The number of ether oxygens (including phenoxy) is 1. The van der Waals surface area contributed by atoms with Crippen molar-refractivity contribution in [2.45, 2.75) is 25.9 Å². The molecule has 0 spiro atoms. The summed E-state index contributed by atoms with van der Waals surface area (Å²) in [6, 6.07) is 40.6. The molecular formula is C30H29N2OP. The maximum Gasteiger partial charge on any atom is 0.217 e. The van der Waals surface area contributed by atoms with Crippen LogP contribution in [0.5, 0.6) is 5.75 Å². The molecule has 0 fully saturated rings. The van der Waals surface area contributed by atoms with Gasteiger partial charge in [0, 0.05) is 0 Å². The van der Waals surface area contributed by atoms with E-state index in [4.69, 9.17) is 4.74 Å². The minimum absolute atomic E-state index is 0.102. The van der Waals surface area contributed by atoms with E-state index in [9.17, 15) is 0 Å². The van der Waals surface area contributed by atoms with Crippen molar-refractivity contribution >= 4 is 8.88 Å². The molecule has 4 heteroatoms. The number of hydrogen-bond donors (Lipinski definition) is 0. The van der Waals surface area contributed by atoms with Gasteiger partial charge in [-0.1, -0.05) is 109 Å². The van der Waals surface area contributed by atoms with Gasteiger partial charge in [0.15, 0.2) is 0 Å². The van der Waals surface area contributed by atoms with E-state index >= 15 is 0 Å². The van der Waals surface area contributed by atoms with E-state index in [-0.39, 0.29) is 12.1 Å². The first kappa shape index (κ1) is 22.3. The summed E-state index contributed by atoms with van der Waals surface area (Å²) in [4.78, 5) is 0. The molecule has 0 aliphatic carbocycles. The Kier molecular flexibility index (Phi) is 6.65. The van der Waals surface area contributed by atoms with Gasteiger partial charge in [-0.15, -0.1) is 0 Å². The van der Waals surface area contributed by atoms with Crippen molar-refractivity contribution in [2.24, 2.45) is 0 Å². The Morgan fingerprint density at radius 3 is 1.68 bits per heavy atom. The molecule has 4 aromatic rings. The molecule has 0 radical (unpaired) electrons. The van der Waals surface area contributed by atoms with Gasteiger partial charge in [-0.25, -0.2) is 0 Å². The van der Waals surface area contributed by atoms with Crippen molar-refractivity contribution in [2.75, 3.05) is 0 Å². The Labute approximate surface area is 204 Å². The summed E-state index contributed by atoms with van der Waals surface area (Å²) in [5, 5.41) is 0. The first-order valence-electron chi connectivity index (χ1n) is 11.6. The normalized spacial score (nSPS) is 15.0. The SMILES string of the molecule is Cc1ccc(OC2=CN(C(c3ccccc3)c3ccccc3)PN2[C@H](C)c2ccccc2)cc1. The van der Waals surface area contributed by atoms with Crippen LogP contribution in [0.15, 0.2) is 127 Å². The smallest absolute Gasteiger partial charge is 0.217 e. The Balaban J connectivity index is 1.53. The molecule has 0 bridgehead atoms. The van der Waals surface area contributed by atoms with Gasteiger partial charge in [0.05, 0.1) is 27.2 Å². The van der Waals surface area contributed by atoms with E-state index in [0.717, 1.165) is 11.6 Å². The molecule has 0 aromatic heterocycles. The van der Waals surface area contributed by atoms with Gasteiger partial charge in [-0.05, 0) is 42.7 Å². The molecule has 1 unspecified atom stereocenters. The third kappa shape index (κ3) is 4.85. The number of benzene rings is 4. The zero-order valence-electron chi connectivity index (χ0n) is 19.5. The van der Waals surface area contributed by atoms with Crippen molar-refractivity contribution in [3.8, 4) is 5.75 Å². The highest BCUT2D eigenvalue weighted by molar-refractivity contribution is 7.33. The fourth-order valence-corrected chi connectivity index (χ4v) is 5.62. The zero-order chi connectivity index (χ0) is 23.3. The van der Waals surface area contributed by atoms with Gasteiger partial charge in [0.1, 0.15) is 5.75 Å². The van der Waals surface area contributed by atoms with Crippen molar-refractivity contribution in [1.82, 2.24) is 9.34 Å². The molecular weight excluding hydrogens is 435 g/mol. The quantitative estimate of drug-likeness (QED) is 0.259. The molecule has 170 valence electrons. The fourth-order valence-electron chi connectivity index (χ4n) is 4.26. The third-order valence-electron chi connectivity index (χ3n) is 6.13. The molecule has 34 heavy (non-hydrogen) atoms. The third-order valence-corrected chi connectivity index (χ3v) is 7.57. The molecule has 0 amide bonds. The second kappa shape index (κ2) is 10.2. The molecule has 4 aromatic carbocycles. The van der Waals surface area contributed by atoms with Gasteiger partial charge in [-0.2, -0.15) is 0 Å². The monoisotopic (exact) mass is 464 g/mol. The average molecular weight is 465 g/mol. The molecule has 0 N–H and O–H groups in total. The predicted octanol–water partition coefficient (Wildman–Crippen LogP) is 7.85. The first-order chi connectivity index (χ1) is 16.7. The van der Waals surface area contributed by atoms with E-state index in [0.29, 0.717) is 8.88 Å². The van der Waals surface area contributed by atoms with Crippen LogP contribution in [0, 0.1) is 6.92 Å². The van der Waals surface area contributed by atoms with Crippen LogP contribution in [0.2, 0.25) is 0 Å². The fraction of sp³-hybridized carbons (Fsp3) is 0.133. The van der Waals surface area contributed by atoms with Crippen molar-refractivity contribution < 1.29 is 4.74 Å². The minimum atomic E-state index is 0.102. The molecule has 2 atom stereocenters. The first-order valence-corrected chi connectivity index (χ1v) is 12.5. The highest BCUT2D eigenvalue weighted by Crippen LogP contribution is 2.49. The summed E-state index contributed by atoms with van der Waals surface area (Å²) in [7, 11) is 0.407. The second-order valence-corrected chi connectivity index (χ2v) is 9.77. The van der Waals surface area contributed by atoms with Gasteiger partial charge in [0.25, 0.3) is 0 Å². The van der Waals surface area contributed by atoms with E-state index in [1.807, 2.05) is 12.1 Å². The summed E-state index contributed by atoms with van der Waals surface area (Å²) in [6.45, 7) is 4.34. The van der Waals surface area contributed by atoms with Crippen LogP contribution in [0.25, 0.3) is 0 Å². The van der Waals surface area contributed by atoms with Crippen LogP contribution in [0.1, 0.15) is 41.3 Å².